The van der Waals surface area contributed by atoms with Gasteiger partial charge < -0.3 is 19.5 Å². The highest BCUT2D eigenvalue weighted by Gasteiger charge is 2.30. The molecule has 8 rings (SSSR count). The monoisotopic (exact) mass is 925 g/mol. The summed E-state index contributed by atoms with van der Waals surface area (Å²) in [5.74, 6) is 1.02. The zero-order valence-corrected chi connectivity index (χ0v) is 40.9. The SMILES string of the molecule is CC1=CC(=O)C=C(C)C1=O.CC1=CC(=O)C=CC1=O.CC1=CC(=O)CC1.CC1=CC(=O)CCC1.CC1=CC(=O)CCN1.CC1=CC(=O)CCO1.CC1=CC(=O)OC1(C)C.CC1=CC(=O)OCC1. The van der Waals surface area contributed by atoms with Crippen LogP contribution in [0.5, 0.6) is 0 Å². The predicted molar refractivity (Wildman–Crippen MR) is 255 cm³/mol. The Morgan fingerprint density at radius 2 is 1.00 bits per heavy atom. The van der Waals surface area contributed by atoms with Gasteiger partial charge in [0.25, 0.3) is 0 Å². The number of Topliss-reactive ketones (excluding diaryl/α,β-unsaturated/α-hetero) is 1. The van der Waals surface area contributed by atoms with Crippen LogP contribution in [-0.2, 0) is 62.2 Å². The Hall–Kier alpha value is -6.70. The average Bonchev–Trinajstić information content (AvgIpc) is 3.72. The van der Waals surface area contributed by atoms with Gasteiger partial charge in [-0.05, 0) is 150 Å². The largest absolute Gasteiger partial charge is 0.498 e. The van der Waals surface area contributed by atoms with Crippen LogP contribution >= 0.6 is 0 Å². The average molecular weight is 926 g/mol. The zero-order valence-electron chi connectivity index (χ0n) is 40.9. The first-order chi connectivity index (χ1) is 31.3. The highest BCUT2D eigenvalue weighted by molar-refractivity contribution is 6.19. The van der Waals surface area contributed by atoms with Crippen LogP contribution in [0, 0.1) is 0 Å². The number of rotatable bonds is 0. The van der Waals surface area contributed by atoms with Crippen LogP contribution in [0.4, 0.5) is 0 Å². The van der Waals surface area contributed by atoms with Crippen molar-refractivity contribution in [1.29, 1.82) is 0 Å². The number of allylic oxidation sites excluding steroid dienone is 16. The van der Waals surface area contributed by atoms with Crippen molar-refractivity contribution in [3.05, 3.63) is 117 Å². The summed E-state index contributed by atoms with van der Waals surface area (Å²) in [4.78, 5) is 106. The van der Waals surface area contributed by atoms with Crippen molar-refractivity contribution in [3.8, 4) is 0 Å². The first-order valence-corrected chi connectivity index (χ1v) is 22.1. The quantitative estimate of drug-likeness (QED) is 0.180. The van der Waals surface area contributed by atoms with Gasteiger partial charge in [0.2, 0.25) is 0 Å². The maximum Gasteiger partial charge on any atom is 0.331 e. The minimum atomic E-state index is -0.364. The van der Waals surface area contributed by atoms with Crippen LogP contribution < -0.4 is 5.32 Å². The fraction of sp³-hybridized carbons (Fsp3) is 0.434. The van der Waals surface area contributed by atoms with Crippen molar-refractivity contribution in [2.45, 2.75) is 133 Å². The molecular weight excluding hydrogens is 859 g/mol. The second-order valence-corrected chi connectivity index (χ2v) is 17.0. The van der Waals surface area contributed by atoms with Crippen molar-refractivity contribution in [2.75, 3.05) is 19.8 Å². The Kier molecular flexibility index (Phi) is 25.9. The number of ketones is 8. The Balaban J connectivity index is 0.000000384. The summed E-state index contributed by atoms with van der Waals surface area (Å²) in [5.41, 5.74) is 6.77. The molecule has 0 unspecified atom stereocenters. The molecule has 0 atom stereocenters. The van der Waals surface area contributed by atoms with E-state index in [0.717, 1.165) is 67.7 Å². The zero-order chi connectivity index (χ0) is 50.9. The summed E-state index contributed by atoms with van der Waals surface area (Å²) >= 11 is 0. The van der Waals surface area contributed by atoms with Gasteiger partial charge in [0.1, 0.15) is 5.60 Å². The van der Waals surface area contributed by atoms with Gasteiger partial charge >= 0.3 is 11.9 Å². The molecule has 4 aliphatic heterocycles. The first kappa shape index (κ1) is 58.3. The van der Waals surface area contributed by atoms with Gasteiger partial charge in [-0.3, -0.25) is 38.4 Å². The molecule has 8 aliphatic rings. The lowest BCUT2D eigenvalue weighted by Gasteiger charge is -2.18. The molecule has 0 saturated carbocycles. The first-order valence-electron chi connectivity index (χ1n) is 22.1. The third-order valence-electron chi connectivity index (χ3n) is 10.1. The van der Waals surface area contributed by atoms with E-state index in [2.05, 4.69) is 10.1 Å². The molecule has 0 amide bonds. The van der Waals surface area contributed by atoms with Crippen molar-refractivity contribution in [2.24, 2.45) is 0 Å². The molecule has 0 bridgehead atoms. The van der Waals surface area contributed by atoms with Gasteiger partial charge in [-0.25, -0.2) is 9.59 Å². The Morgan fingerprint density at radius 1 is 0.463 bits per heavy atom. The molecule has 14 heteroatoms. The number of hydrogen-bond acceptors (Lipinski definition) is 14. The molecule has 14 nitrogen and oxygen atoms in total. The standard InChI is InChI=1S/C8H8O2.C7H10O2.C7H6O2.C7H10O.C6H9NO.2C6H8O2.C6H8O/c1-5-3-7(9)4-6(2)8(5)10;1-5-4-6(8)9-7(5,2)3;1-5-4-6(8)2-3-7(5)9;1-6-3-2-4-7(8)5-6;1-5-4-6(8)2-3-7-5;1-5-4-6(7)2-3-8-5;1-5-2-3-8-6(7)4-5;1-5-2-3-6(7)4-5/h3-4H,1-2H3;4H,1-3H3;2-4H,1H3;5H,2-4H2,1H3;4,7H,2-3H2,1H3;2*4H,2-3H2,1H3;4H,2-3H2,1H3. The number of ether oxygens (including phenoxy) is 3. The molecular formula is C53H67NO13. The van der Waals surface area contributed by atoms with Gasteiger partial charge in [0.05, 0.1) is 19.0 Å². The van der Waals surface area contributed by atoms with Gasteiger partial charge in [-0.2, -0.15) is 0 Å². The van der Waals surface area contributed by atoms with E-state index < -0.39 is 0 Å². The predicted octanol–water partition coefficient (Wildman–Crippen LogP) is 8.13. The third kappa shape index (κ3) is 26.1. The van der Waals surface area contributed by atoms with Crippen LogP contribution in [-0.4, -0.2) is 83.6 Å². The van der Waals surface area contributed by atoms with Crippen molar-refractivity contribution >= 4 is 58.2 Å². The molecule has 4 aliphatic carbocycles. The minimum Gasteiger partial charge on any atom is -0.498 e. The molecule has 4 heterocycles. The van der Waals surface area contributed by atoms with Crippen LogP contribution in [0.3, 0.4) is 0 Å². The normalized spacial score (nSPS) is 20.0. The van der Waals surface area contributed by atoms with Crippen LogP contribution in [0.25, 0.3) is 0 Å². The van der Waals surface area contributed by atoms with E-state index in [9.17, 15) is 47.9 Å². The fourth-order valence-corrected chi connectivity index (χ4v) is 5.97. The minimum absolute atomic E-state index is 0.0281. The van der Waals surface area contributed by atoms with Gasteiger partial charge in [0.15, 0.2) is 46.3 Å². The summed E-state index contributed by atoms with van der Waals surface area (Å²) in [6.45, 7) is 22.1. The number of carbonyl (C=O) groups excluding carboxylic acids is 10. The second kappa shape index (κ2) is 29.8. The van der Waals surface area contributed by atoms with Crippen molar-refractivity contribution < 1.29 is 62.2 Å². The summed E-state index contributed by atoms with van der Waals surface area (Å²) in [5, 5.41) is 3.05. The summed E-state index contributed by atoms with van der Waals surface area (Å²) in [6.07, 6.45) is 23.1. The lowest BCUT2D eigenvalue weighted by molar-refractivity contribution is -0.143. The second-order valence-electron chi connectivity index (χ2n) is 17.0. The van der Waals surface area contributed by atoms with E-state index in [1.165, 1.54) is 59.8 Å². The summed E-state index contributed by atoms with van der Waals surface area (Å²) in [6, 6.07) is 0. The van der Waals surface area contributed by atoms with Crippen LogP contribution in [0.2, 0.25) is 0 Å². The molecule has 0 aromatic rings. The molecule has 67 heavy (non-hydrogen) atoms. The summed E-state index contributed by atoms with van der Waals surface area (Å²) < 4.78 is 14.6. The number of cyclic esters (lactones) is 2. The number of nitrogens with one attached hydrogen (secondary N) is 1. The highest BCUT2D eigenvalue weighted by Crippen LogP contribution is 2.26. The van der Waals surface area contributed by atoms with E-state index >= 15 is 0 Å². The Morgan fingerprint density at radius 3 is 1.33 bits per heavy atom. The molecule has 0 fully saturated rings. The fourth-order valence-electron chi connectivity index (χ4n) is 5.97. The van der Waals surface area contributed by atoms with Gasteiger partial charge in [-0.1, -0.05) is 16.7 Å². The molecule has 362 valence electrons. The molecule has 1 N–H and O–H groups in total. The maximum atomic E-state index is 11.0. The van der Waals surface area contributed by atoms with E-state index in [-0.39, 0.29) is 58.0 Å². The number of hydrogen-bond donors (Lipinski definition) is 1. The highest BCUT2D eigenvalue weighted by atomic mass is 16.6. The molecule has 0 saturated heterocycles. The molecule has 0 spiro atoms. The van der Waals surface area contributed by atoms with Gasteiger partial charge in [-0.15, -0.1) is 0 Å². The smallest absolute Gasteiger partial charge is 0.331 e. The van der Waals surface area contributed by atoms with E-state index in [1.54, 1.807) is 45.9 Å². The lowest BCUT2D eigenvalue weighted by Crippen LogP contribution is -2.21. The number of carbonyl (C=O) groups is 10. The molecule has 0 aromatic heterocycles. The third-order valence-corrected chi connectivity index (χ3v) is 10.1. The van der Waals surface area contributed by atoms with Crippen molar-refractivity contribution in [3.63, 3.8) is 0 Å². The summed E-state index contributed by atoms with van der Waals surface area (Å²) in [7, 11) is 0. The maximum absolute atomic E-state index is 11.0. The van der Waals surface area contributed by atoms with Crippen LogP contribution in [0.15, 0.2) is 117 Å². The van der Waals surface area contributed by atoms with E-state index in [0.29, 0.717) is 48.6 Å². The Bertz CT molecular complexity index is 2100. The van der Waals surface area contributed by atoms with Crippen molar-refractivity contribution in [1.82, 2.24) is 5.32 Å². The van der Waals surface area contributed by atoms with E-state index in [1.807, 2.05) is 48.5 Å². The topological polar surface area (TPSA) is 210 Å². The van der Waals surface area contributed by atoms with E-state index in [4.69, 9.17) is 9.47 Å². The Labute approximate surface area is 394 Å². The molecule has 0 radical (unpaired) electrons. The number of esters is 2. The lowest BCUT2D eigenvalue weighted by atomic mass is 9.99. The van der Waals surface area contributed by atoms with Crippen LogP contribution in [0.1, 0.15) is 128 Å². The van der Waals surface area contributed by atoms with Gasteiger partial charge in [0, 0.05) is 79.3 Å². The molecule has 0 aromatic carbocycles.